The molecule has 0 aromatic heterocycles. The van der Waals surface area contributed by atoms with Gasteiger partial charge in [0.05, 0.1) is 4.90 Å². The zero-order valence-electron chi connectivity index (χ0n) is 15.0. The molecule has 26 heavy (non-hydrogen) atoms. The summed E-state index contributed by atoms with van der Waals surface area (Å²) < 4.78 is 27.0. The van der Waals surface area contributed by atoms with Gasteiger partial charge in [-0.2, -0.15) is 4.31 Å². The molecule has 3 aliphatic rings. The molecule has 7 heteroatoms. The Morgan fingerprint density at radius 2 is 1.73 bits per heavy atom. The zero-order chi connectivity index (χ0) is 18.3. The van der Waals surface area contributed by atoms with Gasteiger partial charge in [0, 0.05) is 37.8 Å². The lowest BCUT2D eigenvalue weighted by Crippen LogP contribution is -2.46. The fourth-order valence-corrected chi connectivity index (χ4v) is 5.63. The van der Waals surface area contributed by atoms with Crippen LogP contribution in [0.15, 0.2) is 41.3 Å². The first-order valence-corrected chi connectivity index (χ1v) is 10.7. The molecular weight excluding hydrogens is 350 g/mol. The van der Waals surface area contributed by atoms with Crippen LogP contribution in [0.4, 0.5) is 5.69 Å². The lowest BCUT2D eigenvalue weighted by molar-refractivity contribution is -0.120. The summed E-state index contributed by atoms with van der Waals surface area (Å²) in [5.41, 5.74) is 0.652. The second-order valence-electron chi connectivity index (χ2n) is 7.61. The van der Waals surface area contributed by atoms with E-state index in [1.165, 1.54) is 4.31 Å². The average Bonchev–Trinajstić information content (AvgIpc) is 3.26. The monoisotopic (exact) mass is 375 g/mol. The number of fused-ring (bicyclic) bond motifs is 2. The number of anilines is 1. The Balaban J connectivity index is 1.42. The van der Waals surface area contributed by atoms with Crippen molar-refractivity contribution in [3.05, 3.63) is 36.4 Å². The van der Waals surface area contributed by atoms with Gasteiger partial charge in [-0.3, -0.25) is 4.79 Å². The maximum Gasteiger partial charge on any atom is 0.243 e. The largest absolute Gasteiger partial charge is 0.326 e. The third-order valence-electron chi connectivity index (χ3n) is 5.84. The minimum Gasteiger partial charge on any atom is -0.326 e. The predicted octanol–water partition coefficient (Wildman–Crippen LogP) is 1.77. The molecule has 3 unspecified atom stereocenters. The van der Waals surface area contributed by atoms with Gasteiger partial charge < -0.3 is 10.2 Å². The number of likely N-dealkylation sites (N-methyl/N-ethyl adjacent to an activating group) is 1. The van der Waals surface area contributed by atoms with Crippen molar-refractivity contribution in [3.63, 3.8) is 0 Å². The van der Waals surface area contributed by atoms with E-state index in [0.29, 0.717) is 30.6 Å². The van der Waals surface area contributed by atoms with E-state index in [2.05, 4.69) is 22.4 Å². The third kappa shape index (κ3) is 3.31. The number of hydrogen-bond donors (Lipinski definition) is 1. The summed E-state index contributed by atoms with van der Waals surface area (Å²) >= 11 is 0. The van der Waals surface area contributed by atoms with Crippen molar-refractivity contribution in [1.82, 2.24) is 9.21 Å². The fraction of sp³-hybridized carbons (Fsp3) is 0.526. The fourth-order valence-electron chi connectivity index (χ4n) is 4.20. The Bertz CT molecular complexity index is 811. The van der Waals surface area contributed by atoms with Crippen LogP contribution in [0.5, 0.6) is 0 Å². The smallest absolute Gasteiger partial charge is 0.243 e. The number of rotatable bonds is 4. The highest BCUT2D eigenvalue weighted by Crippen LogP contribution is 2.43. The van der Waals surface area contributed by atoms with Gasteiger partial charge in [-0.1, -0.05) is 12.2 Å². The molecule has 0 spiro atoms. The number of nitrogens with zero attached hydrogens (tertiary/aromatic N) is 2. The quantitative estimate of drug-likeness (QED) is 0.815. The van der Waals surface area contributed by atoms with E-state index in [0.717, 1.165) is 25.9 Å². The summed E-state index contributed by atoms with van der Waals surface area (Å²) in [7, 11) is -1.48. The topological polar surface area (TPSA) is 69.7 Å². The minimum absolute atomic E-state index is 0.0384. The second kappa shape index (κ2) is 6.79. The molecular formula is C19H25N3O3S. The molecule has 2 fully saturated rings. The third-order valence-corrected chi connectivity index (χ3v) is 7.75. The van der Waals surface area contributed by atoms with Crippen LogP contribution in [-0.2, 0) is 14.8 Å². The summed E-state index contributed by atoms with van der Waals surface area (Å²) in [5.74, 6) is 0.985. The molecule has 6 nitrogen and oxygen atoms in total. The maximum absolute atomic E-state index is 12.7. The van der Waals surface area contributed by atoms with E-state index >= 15 is 0 Å². The Kier molecular flexibility index (Phi) is 4.62. The number of amides is 1. The van der Waals surface area contributed by atoms with Crippen molar-refractivity contribution in [3.8, 4) is 0 Å². The molecule has 1 N–H and O–H groups in total. The first kappa shape index (κ1) is 17.7. The number of allylic oxidation sites excluding steroid dienone is 2. The van der Waals surface area contributed by atoms with Crippen LogP contribution in [0.2, 0.25) is 0 Å². The summed E-state index contributed by atoms with van der Waals surface area (Å²) in [6.45, 7) is 2.50. The van der Waals surface area contributed by atoms with E-state index < -0.39 is 10.0 Å². The van der Waals surface area contributed by atoms with Gasteiger partial charge in [-0.25, -0.2) is 8.42 Å². The number of carbonyl (C=O) groups excluding carboxylic acids is 1. The van der Waals surface area contributed by atoms with E-state index in [-0.39, 0.29) is 16.7 Å². The Morgan fingerprint density at radius 3 is 2.31 bits per heavy atom. The van der Waals surface area contributed by atoms with Gasteiger partial charge in [0.2, 0.25) is 15.9 Å². The first-order chi connectivity index (χ1) is 12.4. The number of nitrogens with one attached hydrogen (secondary N) is 1. The van der Waals surface area contributed by atoms with Gasteiger partial charge in [-0.15, -0.1) is 0 Å². The van der Waals surface area contributed by atoms with Gasteiger partial charge in [-0.05, 0) is 56.0 Å². The molecule has 140 valence electrons. The molecule has 1 heterocycles. The van der Waals surface area contributed by atoms with Crippen molar-refractivity contribution in [2.75, 3.05) is 38.5 Å². The van der Waals surface area contributed by atoms with Crippen LogP contribution in [-0.4, -0.2) is 56.8 Å². The number of benzene rings is 1. The van der Waals surface area contributed by atoms with Crippen molar-refractivity contribution >= 4 is 21.6 Å². The highest BCUT2D eigenvalue weighted by molar-refractivity contribution is 7.89. The molecule has 2 bridgehead atoms. The van der Waals surface area contributed by atoms with Crippen LogP contribution in [0.3, 0.4) is 0 Å². The van der Waals surface area contributed by atoms with Gasteiger partial charge >= 0.3 is 0 Å². The van der Waals surface area contributed by atoms with Crippen molar-refractivity contribution in [2.45, 2.75) is 17.7 Å². The zero-order valence-corrected chi connectivity index (χ0v) is 15.8. The highest BCUT2D eigenvalue weighted by Gasteiger charge is 2.39. The van der Waals surface area contributed by atoms with E-state index in [9.17, 15) is 13.2 Å². The van der Waals surface area contributed by atoms with Crippen LogP contribution in [0.25, 0.3) is 0 Å². The lowest BCUT2D eigenvalue weighted by Gasteiger charge is -2.31. The lowest BCUT2D eigenvalue weighted by atomic mass is 9.93. The van der Waals surface area contributed by atoms with Gasteiger partial charge in [0.1, 0.15) is 0 Å². The molecule has 1 amide bonds. The molecule has 3 atom stereocenters. The average molecular weight is 375 g/mol. The SMILES string of the molecule is CN1CCN(S(=O)(=O)c2ccc(NC(=O)C3CC4C=CC3C4)cc2)CC1. The molecule has 1 saturated heterocycles. The van der Waals surface area contributed by atoms with Gasteiger partial charge in [0.15, 0.2) is 0 Å². The van der Waals surface area contributed by atoms with E-state index in [1.807, 2.05) is 7.05 Å². The van der Waals surface area contributed by atoms with Crippen LogP contribution in [0.1, 0.15) is 12.8 Å². The van der Waals surface area contributed by atoms with Gasteiger partial charge in [0.25, 0.3) is 0 Å². The van der Waals surface area contributed by atoms with Crippen molar-refractivity contribution < 1.29 is 13.2 Å². The van der Waals surface area contributed by atoms with E-state index in [1.54, 1.807) is 24.3 Å². The molecule has 1 saturated carbocycles. The molecule has 2 aliphatic carbocycles. The normalized spacial score (nSPS) is 29.2. The second-order valence-corrected chi connectivity index (χ2v) is 9.55. The Labute approximate surface area is 154 Å². The standard InChI is InChI=1S/C19H25N3O3S/c1-21-8-10-22(11-9-21)26(24,25)17-6-4-16(5-7-17)20-19(23)18-13-14-2-3-15(18)12-14/h2-7,14-15,18H,8-13H2,1H3,(H,20,23). The van der Waals surface area contributed by atoms with Crippen LogP contribution >= 0.6 is 0 Å². The molecule has 1 aliphatic heterocycles. The van der Waals surface area contributed by atoms with Crippen molar-refractivity contribution in [1.29, 1.82) is 0 Å². The molecule has 4 rings (SSSR count). The van der Waals surface area contributed by atoms with Crippen LogP contribution in [0, 0.1) is 17.8 Å². The summed E-state index contributed by atoms with van der Waals surface area (Å²) in [4.78, 5) is 14.9. The number of carbonyl (C=O) groups is 1. The predicted molar refractivity (Wildman–Crippen MR) is 100 cm³/mol. The summed E-state index contributed by atoms with van der Waals surface area (Å²) in [5, 5.41) is 2.94. The number of sulfonamides is 1. The van der Waals surface area contributed by atoms with Crippen molar-refractivity contribution in [2.24, 2.45) is 17.8 Å². The van der Waals surface area contributed by atoms with E-state index in [4.69, 9.17) is 0 Å². The molecule has 1 aromatic carbocycles. The first-order valence-electron chi connectivity index (χ1n) is 9.21. The van der Waals surface area contributed by atoms with Crippen LogP contribution < -0.4 is 5.32 Å². The summed E-state index contributed by atoms with van der Waals surface area (Å²) in [6, 6.07) is 6.54. The number of piperazine rings is 1. The molecule has 0 radical (unpaired) electrons. The maximum atomic E-state index is 12.7. The minimum atomic E-state index is -3.47. The Hall–Kier alpha value is -1.70. The Morgan fingerprint density at radius 1 is 1.04 bits per heavy atom. The summed E-state index contributed by atoms with van der Waals surface area (Å²) in [6.07, 6.45) is 6.37. The molecule has 1 aromatic rings. The highest BCUT2D eigenvalue weighted by atomic mass is 32.2. The number of hydrogen-bond acceptors (Lipinski definition) is 4.